The number of hydrogen-bond donors (Lipinski definition) is 3. The van der Waals surface area contributed by atoms with Crippen molar-refractivity contribution in [2.45, 2.75) is 56.5 Å². The number of aromatic nitrogens is 4. The summed E-state index contributed by atoms with van der Waals surface area (Å²) >= 11 is 0. The van der Waals surface area contributed by atoms with Crippen molar-refractivity contribution in [1.29, 1.82) is 0 Å². The zero-order chi connectivity index (χ0) is 23.8. The molecule has 10 nitrogen and oxygen atoms in total. The van der Waals surface area contributed by atoms with Crippen LogP contribution in [0.4, 0.5) is 21.7 Å². The van der Waals surface area contributed by atoms with Gasteiger partial charge in [-0.3, -0.25) is 9.59 Å². The van der Waals surface area contributed by atoms with Gasteiger partial charge in [-0.2, -0.15) is 9.61 Å². The smallest absolute Gasteiger partial charge is 0.274 e. The van der Waals surface area contributed by atoms with Crippen LogP contribution in [0, 0.1) is 0 Å². The first kappa shape index (κ1) is 22.3. The number of fused-ring (bicyclic) bond motifs is 1. The fourth-order valence-electron chi connectivity index (χ4n) is 4.69. The van der Waals surface area contributed by atoms with E-state index < -0.39 is 6.17 Å². The molecular weight excluding hydrogens is 441 g/mol. The molecule has 34 heavy (non-hydrogen) atoms. The van der Waals surface area contributed by atoms with Crippen LogP contribution in [0.15, 0.2) is 35.4 Å². The molecule has 0 radical (unpaired) electrons. The lowest BCUT2D eigenvalue weighted by Gasteiger charge is -2.31. The molecular formula is C23H28FN7O3. The van der Waals surface area contributed by atoms with E-state index in [-0.39, 0.29) is 29.7 Å². The van der Waals surface area contributed by atoms with Crippen LogP contribution in [0.5, 0.6) is 0 Å². The molecule has 0 unspecified atom stereocenters. The monoisotopic (exact) mass is 469 g/mol. The number of carbonyl (C=O) groups is 1. The fraction of sp³-hybridized carbons (Fsp3) is 0.478. The highest BCUT2D eigenvalue weighted by Gasteiger charge is 2.31. The van der Waals surface area contributed by atoms with Crippen LogP contribution >= 0.6 is 0 Å². The molecule has 2 atom stereocenters. The van der Waals surface area contributed by atoms with Gasteiger partial charge in [-0.15, -0.1) is 0 Å². The topological polar surface area (TPSA) is 115 Å². The van der Waals surface area contributed by atoms with Gasteiger partial charge < -0.3 is 25.3 Å². The maximum Gasteiger partial charge on any atom is 0.274 e. The summed E-state index contributed by atoms with van der Waals surface area (Å²) in [5.41, 5.74) is 0.789. The van der Waals surface area contributed by atoms with Gasteiger partial charge in [0.05, 0.1) is 12.3 Å². The molecule has 0 aromatic carbocycles. The standard InChI is InChI=1S/C23H28FN7O3/c1-25-20-11-19(28-18-4-3-7-30(23(18)33)15-8-13(24)9-15)29-21-17(12-26-31(20)21)22(32)27-14-5-6-16(10-14)34-2/h3-4,7,11-16,25H,5-6,8-10H2,1-2H3,(H,27,32)(H,28,29)/t13-,14-,15-,16-/m1/s1. The molecule has 3 aromatic heterocycles. The molecule has 180 valence electrons. The van der Waals surface area contributed by atoms with Gasteiger partial charge in [0.15, 0.2) is 5.65 Å². The number of nitrogens with zero attached hydrogens (tertiary/aromatic N) is 4. The van der Waals surface area contributed by atoms with Gasteiger partial charge in [0.1, 0.15) is 29.1 Å². The Balaban J connectivity index is 1.42. The van der Waals surface area contributed by atoms with Crippen molar-refractivity contribution in [3.05, 3.63) is 46.5 Å². The van der Waals surface area contributed by atoms with Crippen LogP contribution in [-0.2, 0) is 4.74 Å². The molecule has 11 heteroatoms. The third kappa shape index (κ3) is 4.11. The first-order chi connectivity index (χ1) is 16.5. The number of amides is 1. The second kappa shape index (κ2) is 9.05. The Morgan fingerprint density at radius 3 is 2.79 bits per heavy atom. The quantitative estimate of drug-likeness (QED) is 0.487. The average Bonchev–Trinajstić information content (AvgIpc) is 3.45. The molecule has 0 bridgehead atoms. The number of pyridine rings is 1. The third-order valence-corrected chi connectivity index (χ3v) is 6.71. The lowest BCUT2D eigenvalue weighted by atomic mass is 9.90. The Labute approximate surface area is 195 Å². The Morgan fingerprint density at radius 2 is 2.09 bits per heavy atom. The number of carbonyl (C=O) groups excluding carboxylic acids is 1. The molecule has 2 fully saturated rings. The lowest BCUT2D eigenvalue weighted by molar-refractivity contribution is 0.0916. The van der Waals surface area contributed by atoms with Crippen molar-refractivity contribution in [3.8, 4) is 0 Å². The minimum atomic E-state index is -0.855. The highest BCUT2D eigenvalue weighted by molar-refractivity contribution is 6.00. The first-order valence-corrected chi connectivity index (χ1v) is 11.5. The van der Waals surface area contributed by atoms with E-state index in [2.05, 4.69) is 26.0 Å². The van der Waals surface area contributed by atoms with Crippen LogP contribution in [0.2, 0.25) is 0 Å². The van der Waals surface area contributed by atoms with Crippen LogP contribution in [0.1, 0.15) is 48.5 Å². The largest absolute Gasteiger partial charge is 0.381 e. The van der Waals surface area contributed by atoms with E-state index in [1.807, 2.05) is 0 Å². The SMILES string of the molecule is CNc1cc(Nc2cccn([C@H]3C[C@H](F)C3)c2=O)nc2c(C(=O)N[C@@H]3CC[C@@H](OC)C3)cnn12. The van der Waals surface area contributed by atoms with Gasteiger partial charge in [0.2, 0.25) is 0 Å². The van der Waals surface area contributed by atoms with E-state index in [0.717, 1.165) is 19.3 Å². The first-order valence-electron chi connectivity index (χ1n) is 11.5. The predicted octanol–water partition coefficient (Wildman–Crippen LogP) is 2.65. The molecule has 3 heterocycles. The number of hydrogen-bond acceptors (Lipinski definition) is 7. The number of halogens is 1. The molecule has 3 aromatic rings. The molecule has 5 rings (SSSR count). The normalized spacial score (nSPS) is 24.1. The van der Waals surface area contributed by atoms with Gasteiger partial charge >= 0.3 is 0 Å². The summed E-state index contributed by atoms with van der Waals surface area (Å²) in [6, 6.07) is 5.02. The third-order valence-electron chi connectivity index (χ3n) is 6.71. The van der Waals surface area contributed by atoms with E-state index in [9.17, 15) is 14.0 Å². The van der Waals surface area contributed by atoms with Crippen LogP contribution in [0.25, 0.3) is 5.65 Å². The van der Waals surface area contributed by atoms with Gasteiger partial charge in [-0.1, -0.05) is 0 Å². The molecule has 0 aliphatic heterocycles. The van der Waals surface area contributed by atoms with Gasteiger partial charge in [0, 0.05) is 38.5 Å². The summed E-state index contributed by atoms with van der Waals surface area (Å²) in [5.74, 6) is 0.734. The zero-order valence-electron chi connectivity index (χ0n) is 19.1. The highest BCUT2D eigenvalue weighted by atomic mass is 19.1. The number of rotatable bonds is 7. The second-order valence-corrected chi connectivity index (χ2v) is 8.89. The maximum absolute atomic E-state index is 13.3. The summed E-state index contributed by atoms with van der Waals surface area (Å²) in [4.78, 5) is 30.5. The molecule has 2 saturated carbocycles. The summed E-state index contributed by atoms with van der Waals surface area (Å²) in [7, 11) is 3.42. The van der Waals surface area contributed by atoms with Crippen molar-refractivity contribution in [3.63, 3.8) is 0 Å². The van der Waals surface area contributed by atoms with Gasteiger partial charge in [-0.25, -0.2) is 9.37 Å². The molecule has 2 aliphatic carbocycles. The van der Waals surface area contributed by atoms with Crippen LogP contribution in [-0.4, -0.2) is 57.5 Å². The molecule has 3 N–H and O–H groups in total. The fourth-order valence-corrected chi connectivity index (χ4v) is 4.69. The Hall–Kier alpha value is -3.47. The summed E-state index contributed by atoms with van der Waals surface area (Å²) in [5, 5.41) is 13.5. The lowest BCUT2D eigenvalue weighted by Crippen LogP contribution is -2.35. The highest BCUT2D eigenvalue weighted by Crippen LogP contribution is 2.33. The van der Waals surface area contributed by atoms with E-state index in [0.29, 0.717) is 41.4 Å². The van der Waals surface area contributed by atoms with Gasteiger partial charge in [0.25, 0.3) is 11.5 Å². The van der Waals surface area contributed by atoms with Crippen molar-refractivity contribution in [1.82, 2.24) is 24.5 Å². The van der Waals surface area contributed by atoms with Crippen molar-refractivity contribution in [2.75, 3.05) is 24.8 Å². The Kier molecular flexibility index (Phi) is 5.94. The number of ether oxygens (including phenoxy) is 1. The van der Waals surface area contributed by atoms with E-state index in [1.54, 1.807) is 47.6 Å². The Morgan fingerprint density at radius 1 is 1.26 bits per heavy atom. The number of nitrogens with one attached hydrogen (secondary N) is 3. The maximum atomic E-state index is 13.3. The van der Waals surface area contributed by atoms with Crippen molar-refractivity contribution < 1.29 is 13.9 Å². The van der Waals surface area contributed by atoms with Crippen molar-refractivity contribution >= 4 is 28.9 Å². The average molecular weight is 470 g/mol. The van der Waals surface area contributed by atoms with Crippen LogP contribution in [0.3, 0.4) is 0 Å². The van der Waals surface area contributed by atoms with Crippen molar-refractivity contribution in [2.24, 2.45) is 0 Å². The van der Waals surface area contributed by atoms with Gasteiger partial charge in [-0.05, 0) is 44.2 Å². The summed E-state index contributed by atoms with van der Waals surface area (Å²) in [6.07, 6.45) is 5.70. The summed E-state index contributed by atoms with van der Waals surface area (Å²) in [6.45, 7) is 0. The van der Waals surface area contributed by atoms with E-state index in [4.69, 9.17) is 4.74 Å². The molecule has 0 saturated heterocycles. The number of alkyl halides is 1. The molecule has 0 spiro atoms. The number of methoxy groups -OCH3 is 1. The predicted molar refractivity (Wildman–Crippen MR) is 126 cm³/mol. The van der Waals surface area contributed by atoms with E-state index in [1.165, 1.54) is 6.20 Å². The summed E-state index contributed by atoms with van der Waals surface area (Å²) < 4.78 is 21.8. The molecule has 1 amide bonds. The number of anilines is 3. The Bertz CT molecular complexity index is 1270. The molecule has 2 aliphatic rings. The van der Waals surface area contributed by atoms with Crippen LogP contribution < -0.4 is 21.5 Å². The minimum Gasteiger partial charge on any atom is -0.381 e. The second-order valence-electron chi connectivity index (χ2n) is 8.89. The minimum absolute atomic E-state index is 0.0377. The zero-order valence-corrected chi connectivity index (χ0v) is 19.1. The van der Waals surface area contributed by atoms with E-state index >= 15 is 0 Å².